The number of ether oxygens (including phenoxy) is 1. The lowest BCUT2D eigenvalue weighted by Crippen LogP contribution is -2.12. The van der Waals surface area contributed by atoms with Gasteiger partial charge in [0.05, 0.1) is 19.1 Å². The molecule has 0 spiro atoms. The first-order valence-electron chi connectivity index (χ1n) is 3.99. The molecule has 5 nitrogen and oxygen atoms in total. The van der Waals surface area contributed by atoms with Crippen molar-refractivity contribution in [2.75, 3.05) is 12.9 Å². The van der Waals surface area contributed by atoms with Crippen LogP contribution in [-0.4, -0.2) is 26.3 Å². The molecule has 1 rings (SSSR count). The van der Waals surface area contributed by atoms with Crippen molar-refractivity contribution >= 4 is 10.1 Å². The van der Waals surface area contributed by atoms with Gasteiger partial charge in [-0.15, -0.1) is 0 Å². The standard InChI is InChI=1S/C8H11NO4S/c1-3-14(10,11)13-8-5-4-7(12-2)6-9-8/h4-6H,3H2,1-2H3. The fraction of sp³-hybridized carbons (Fsp3) is 0.375. The number of nitrogens with zero attached hydrogens (tertiary/aromatic N) is 1. The van der Waals surface area contributed by atoms with E-state index in [9.17, 15) is 8.42 Å². The minimum atomic E-state index is -3.50. The molecule has 0 unspecified atom stereocenters. The van der Waals surface area contributed by atoms with Crippen LogP contribution in [0.15, 0.2) is 18.3 Å². The van der Waals surface area contributed by atoms with Gasteiger partial charge >= 0.3 is 10.1 Å². The first kappa shape index (κ1) is 10.8. The number of pyridine rings is 1. The Bertz CT molecular complexity index is 384. The van der Waals surface area contributed by atoms with Gasteiger partial charge in [0, 0.05) is 6.07 Å². The molecule has 0 aliphatic heterocycles. The summed E-state index contributed by atoms with van der Waals surface area (Å²) in [7, 11) is -2.00. The highest BCUT2D eigenvalue weighted by molar-refractivity contribution is 7.87. The van der Waals surface area contributed by atoms with Crippen molar-refractivity contribution in [3.05, 3.63) is 18.3 Å². The smallest absolute Gasteiger partial charge is 0.310 e. The number of hydrogen-bond donors (Lipinski definition) is 0. The van der Waals surface area contributed by atoms with Gasteiger partial charge in [0.25, 0.3) is 0 Å². The van der Waals surface area contributed by atoms with Crippen molar-refractivity contribution in [1.29, 1.82) is 0 Å². The summed E-state index contributed by atoms with van der Waals surface area (Å²) < 4.78 is 31.6. The molecule has 0 aliphatic rings. The van der Waals surface area contributed by atoms with Crippen molar-refractivity contribution in [2.24, 2.45) is 0 Å². The van der Waals surface area contributed by atoms with E-state index < -0.39 is 10.1 Å². The lowest BCUT2D eigenvalue weighted by molar-refractivity contribution is 0.410. The van der Waals surface area contributed by atoms with E-state index in [2.05, 4.69) is 9.17 Å². The van der Waals surface area contributed by atoms with E-state index in [4.69, 9.17) is 4.74 Å². The van der Waals surface area contributed by atoms with Crippen molar-refractivity contribution in [3.8, 4) is 11.6 Å². The summed E-state index contributed by atoms with van der Waals surface area (Å²) in [5.41, 5.74) is 0. The summed E-state index contributed by atoms with van der Waals surface area (Å²) in [5.74, 6) is 0.514. The summed E-state index contributed by atoms with van der Waals surface area (Å²) in [5, 5.41) is 0. The van der Waals surface area contributed by atoms with Gasteiger partial charge < -0.3 is 8.92 Å². The van der Waals surface area contributed by atoms with E-state index >= 15 is 0 Å². The molecule has 0 fully saturated rings. The highest BCUT2D eigenvalue weighted by Gasteiger charge is 2.09. The zero-order valence-electron chi connectivity index (χ0n) is 7.93. The predicted octanol–water partition coefficient (Wildman–Crippen LogP) is 0.819. The quantitative estimate of drug-likeness (QED) is 0.698. The Morgan fingerprint density at radius 2 is 2.14 bits per heavy atom. The van der Waals surface area contributed by atoms with Crippen LogP contribution in [0.3, 0.4) is 0 Å². The third-order valence-corrected chi connectivity index (χ3v) is 2.64. The molecule has 0 aromatic carbocycles. The summed E-state index contributed by atoms with van der Waals surface area (Å²) in [6.45, 7) is 1.50. The maximum atomic E-state index is 11.0. The number of hydrogen-bond acceptors (Lipinski definition) is 5. The highest BCUT2D eigenvalue weighted by Crippen LogP contribution is 2.14. The zero-order chi connectivity index (χ0) is 10.6. The Balaban J connectivity index is 2.79. The lowest BCUT2D eigenvalue weighted by atomic mass is 10.4. The topological polar surface area (TPSA) is 65.5 Å². The number of methoxy groups -OCH3 is 1. The van der Waals surface area contributed by atoms with E-state index in [1.165, 1.54) is 26.3 Å². The normalized spacial score (nSPS) is 11.0. The molecular weight excluding hydrogens is 206 g/mol. The van der Waals surface area contributed by atoms with Crippen molar-refractivity contribution in [1.82, 2.24) is 4.98 Å². The molecule has 0 saturated heterocycles. The SMILES string of the molecule is CCS(=O)(=O)Oc1ccc(OC)cn1. The van der Waals surface area contributed by atoms with Gasteiger partial charge in [0.1, 0.15) is 5.75 Å². The minimum Gasteiger partial charge on any atom is -0.495 e. The Morgan fingerprint density at radius 1 is 1.43 bits per heavy atom. The molecule has 0 atom stereocenters. The maximum absolute atomic E-state index is 11.0. The maximum Gasteiger partial charge on any atom is 0.310 e. The van der Waals surface area contributed by atoms with Gasteiger partial charge in [0.2, 0.25) is 5.88 Å². The van der Waals surface area contributed by atoms with Crippen molar-refractivity contribution < 1.29 is 17.3 Å². The monoisotopic (exact) mass is 217 g/mol. The molecule has 0 bridgehead atoms. The van der Waals surface area contributed by atoms with Gasteiger partial charge in [-0.05, 0) is 13.0 Å². The Morgan fingerprint density at radius 3 is 2.57 bits per heavy atom. The number of aromatic nitrogens is 1. The second kappa shape index (κ2) is 4.28. The number of rotatable bonds is 4. The Hall–Kier alpha value is -1.30. The van der Waals surface area contributed by atoms with Crippen molar-refractivity contribution in [3.63, 3.8) is 0 Å². The van der Waals surface area contributed by atoms with Crippen LogP contribution in [0.25, 0.3) is 0 Å². The van der Waals surface area contributed by atoms with E-state index in [0.29, 0.717) is 5.75 Å². The Labute approximate surface area is 82.8 Å². The highest BCUT2D eigenvalue weighted by atomic mass is 32.2. The molecule has 6 heteroatoms. The zero-order valence-corrected chi connectivity index (χ0v) is 8.74. The molecule has 0 amide bonds. The summed E-state index contributed by atoms with van der Waals surface area (Å²) in [6, 6.07) is 3.01. The van der Waals surface area contributed by atoms with Gasteiger partial charge in [-0.2, -0.15) is 8.42 Å². The average Bonchev–Trinajstić information content (AvgIpc) is 2.19. The van der Waals surface area contributed by atoms with E-state index in [-0.39, 0.29) is 11.6 Å². The molecule has 1 aromatic rings. The summed E-state index contributed by atoms with van der Waals surface area (Å²) in [6.07, 6.45) is 1.39. The van der Waals surface area contributed by atoms with Gasteiger partial charge in [-0.25, -0.2) is 4.98 Å². The van der Waals surface area contributed by atoms with Crippen LogP contribution >= 0.6 is 0 Å². The molecule has 1 aromatic heterocycles. The third kappa shape index (κ3) is 2.88. The molecule has 0 saturated carbocycles. The molecule has 0 aliphatic carbocycles. The molecule has 0 radical (unpaired) electrons. The van der Waals surface area contributed by atoms with Crippen LogP contribution in [0.2, 0.25) is 0 Å². The van der Waals surface area contributed by atoms with E-state index in [0.717, 1.165) is 0 Å². The van der Waals surface area contributed by atoms with Crippen LogP contribution in [0.5, 0.6) is 11.6 Å². The Kier molecular flexibility index (Phi) is 3.29. The second-order valence-corrected chi connectivity index (χ2v) is 4.33. The minimum absolute atomic E-state index is 0.0488. The predicted molar refractivity (Wildman–Crippen MR) is 50.9 cm³/mol. The fourth-order valence-electron chi connectivity index (χ4n) is 0.726. The summed E-state index contributed by atoms with van der Waals surface area (Å²) in [4.78, 5) is 3.76. The lowest BCUT2D eigenvalue weighted by Gasteiger charge is -2.03. The van der Waals surface area contributed by atoms with E-state index in [1.54, 1.807) is 6.07 Å². The van der Waals surface area contributed by atoms with Crippen LogP contribution in [-0.2, 0) is 10.1 Å². The average molecular weight is 217 g/mol. The second-order valence-electron chi connectivity index (χ2n) is 2.47. The van der Waals surface area contributed by atoms with E-state index in [1.807, 2.05) is 0 Å². The molecular formula is C8H11NO4S. The third-order valence-electron chi connectivity index (χ3n) is 1.51. The van der Waals surface area contributed by atoms with Crippen LogP contribution in [0.4, 0.5) is 0 Å². The van der Waals surface area contributed by atoms with Crippen LogP contribution < -0.4 is 8.92 Å². The molecule has 78 valence electrons. The molecule has 0 N–H and O–H groups in total. The van der Waals surface area contributed by atoms with Gasteiger partial charge in [-0.1, -0.05) is 0 Å². The molecule has 1 heterocycles. The first-order valence-corrected chi connectivity index (χ1v) is 5.57. The largest absolute Gasteiger partial charge is 0.495 e. The van der Waals surface area contributed by atoms with Crippen molar-refractivity contribution in [2.45, 2.75) is 6.92 Å². The van der Waals surface area contributed by atoms with Crippen LogP contribution in [0, 0.1) is 0 Å². The van der Waals surface area contributed by atoms with Gasteiger partial charge in [0.15, 0.2) is 0 Å². The van der Waals surface area contributed by atoms with Gasteiger partial charge in [-0.3, -0.25) is 0 Å². The van der Waals surface area contributed by atoms with Crippen LogP contribution in [0.1, 0.15) is 6.92 Å². The summed E-state index contributed by atoms with van der Waals surface area (Å²) >= 11 is 0. The fourth-order valence-corrected chi connectivity index (χ4v) is 1.20. The first-order chi connectivity index (χ1) is 6.57. The molecule has 14 heavy (non-hydrogen) atoms.